The van der Waals surface area contributed by atoms with Gasteiger partial charge in [0.05, 0.1) is 0 Å². The van der Waals surface area contributed by atoms with Crippen molar-refractivity contribution in [1.82, 2.24) is 4.90 Å². The first-order valence-corrected chi connectivity index (χ1v) is 8.45. The number of nitrogens with one attached hydrogen (secondary N) is 1. The largest absolute Gasteiger partial charge is 0.339 e. The molecule has 1 N–H and O–H groups in total. The normalized spacial score (nSPS) is 15.0. The van der Waals surface area contributed by atoms with E-state index in [0.717, 1.165) is 5.56 Å². The minimum Gasteiger partial charge on any atom is -0.339 e. The summed E-state index contributed by atoms with van der Waals surface area (Å²) in [6.07, 6.45) is 1.22. The number of rotatable bonds is 3. The van der Waals surface area contributed by atoms with Gasteiger partial charge < -0.3 is 10.2 Å². The average Bonchev–Trinajstić information content (AvgIpc) is 2.61. The molecule has 0 spiro atoms. The number of carbonyl (C=O) groups is 2. The SMILES string of the molecule is Cc1cccc(C(=O)N2CCC(C(=O)Nc3cccc(F)c3)CC2)c1. The van der Waals surface area contributed by atoms with Gasteiger partial charge in [-0.05, 0) is 50.1 Å². The van der Waals surface area contributed by atoms with Crippen LogP contribution in [0, 0.1) is 18.7 Å². The van der Waals surface area contributed by atoms with Crippen molar-refractivity contribution >= 4 is 17.5 Å². The van der Waals surface area contributed by atoms with Gasteiger partial charge in [0.15, 0.2) is 0 Å². The minimum absolute atomic E-state index is 0.00712. The van der Waals surface area contributed by atoms with Gasteiger partial charge in [0.2, 0.25) is 5.91 Å². The van der Waals surface area contributed by atoms with E-state index in [-0.39, 0.29) is 23.5 Å². The van der Waals surface area contributed by atoms with Crippen LogP contribution in [0.4, 0.5) is 10.1 Å². The van der Waals surface area contributed by atoms with Crippen LogP contribution in [0.25, 0.3) is 0 Å². The molecule has 2 aromatic rings. The second kappa shape index (κ2) is 7.47. The molecular formula is C20H21FN2O2. The summed E-state index contributed by atoms with van der Waals surface area (Å²) in [5.41, 5.74) is 2.20. The van der Waals surface area contributed by atoms with Crippen molar-refractivity contribution < 1.29 is 14.0 Å². The molecule has 1 aliphatic rings. The summed E-state index contributed by atoms with van der Waals surface area (Å²) in [6, 6.07) is 13.4. The number of carbonyl (C=O) groups excluding carboxylic acids is 2. The molecule has 1 heterocycles. The van der Waals surface area contributed by atoms with Crippen molar-refractivity contribution in [3.63, 3.8) is 0 Å². The van der Waals surface area contributed by atoms with Crippen LogP contribution in [0.5, 0.6) is 0 Å². The molecule has 0 atom stereocenters. The Balaban J connectivity index is 1.56. The highest BCUT2D eigenvalue weighted by molar-refractivity contribution is 5.95. The van der Waals surface area contributed by atoms with Crippen molar-refractivity contribution in [3.8, 4) is 0 Å². The topological polar surface area (TPSA) is 49.4 Å². The Morgan fingerprint density at radius 2 is 1.80 bits per heavy atom. The van der Waals surface area contributed by atoms with E-state index in [0.29, 0.717) is 37.2 Å². The molecule has 0 saturated carbocycles. The van der Waals surface area contributed by atoms with Crippen LogP contribution in [0.3, 0.4) is 0 Å². The van der Waals surface area contributed by atoms with Crippen LogP contribution in [0.2, 0.25) is 0 Å². The number of nitrogens with zero attached hydrogens (tertiary/aromatic N) is 1. The fraction of sp³-hybridized carbons (Fsp3) is 0.300. The summed E-state index contributed by atoms with van der Waals surface area (Å²) in [5, 5.41) is 2.75. The molecule has 0 radical (unpaired) electrons. The van der Waals surface area contributed by atoms with Crippen molar-refractivity contribution in [1.29, 1.82) is 0 Å². The molecule has 0 unspecified atom stereocenters. The predicted molar refractivity (Wildman–Crippen MR) is 94.8 cm³/mol. The molecule has 0 aliphatic carbocycles. The van der Waals surface area contributed by atoms with Crippen molar-refractivity contribution in [2.45, 2.75) is 19.8 Å². The van der Waals surface area contributed by atoms with E-state index in [1.165, 1.54) is 12.1 Å². The fourth-order valence-electron chi connectivity index (χ4n) is 3.12. The van der Waals surface area contributed by atoms with Crippen LogP contribution in [-0.4, -0.2) is 29.8 Å². The van der Waals surface area contributed by atoms with Gasteiger partial charge in [-0.25, -0.2) is 4.39 Å². The molecule has 1 fully saturated rings. The Kier molecular flexibility index (Phi) is 5.12. The number of halogens is 1. The molecule has 1 saturated heterocycles. The maximum Gasteiger partial charge on any atom is 0.253 e. The molecule has 2 aromatic carbocycles. The smallest absolute Gasteiger partial charge is 0.253 e. The van der Waals surface area contributed by atoms with Gasteiger partial charge in [0.1, 0.15) is 5.82 Å². The Morgan fingerprint density at radius 3 is 2.48 bits per heavy atom. The standard InChI is InChI=1S/C20H21FN2O2/c1-14-4-2-5-16(12-14)20(25)23-10-8-15(9-11-23)19(24)22-18-7-3-6-17(21)13-18/h2-7,12-13,15H,8-11H2,1H3,(H,22,24). The first-order chi connectivity index (χ1) is 12.0. The van der Waals surface area contributed by atoms with Gasteiger partial charge >= 0.3 is 0 Å². The number of hydrogen-bond donors (Lipinski definition) is 1. The predicted octanol–water partition coefficient (Wildman–Crippen LogP) is 3.63. The number of anilines is 1. The average molecular weight is 340 g/mol. The fourth-order valence-corrected chi connectivity index (χ4v) is 3.12. The lowest BCUT2D eigenvalue weighted by atomic mass is 9.95. The molecule has 130 valence electrons. The lowest BCUT2D eigenvalue weighted by molar-refractivity contribution is -0.121. The molecule has 0 bridgehead atoms. The molecule has 4 nitrogen and oxygen atoms in total. The van der Waals surface area contributed by atoms with Crippen LogP contribution in [0.1, 0.15) is 28.8 Å². The van der Waals surface area contributed by atoms with Gasteiger partial charge in [-0.2, -0.15) is 0 Å². The Morgan fingerprint density at radius 1 is 1.08 bits per heavy atom. The van der Waals surface area contributed by atoms with E-state index in [4.69, 9.17) is 0 Å². The first-order valence-electron chi connectivity index (χ1n) is 8.45. The summed E-state index contributed by atoms with van der Waals surface area (Å²) in [4.78, 5) is 26.7. The first kappa shape index (κ1) is 17.1. The van der Waals surface area contributed by atoms with Gasteiger partial charge in [-0.15, -0.1) is 0 Å². The zero-order valence-electron chi connectivity index (χ0n) is 14.2. The van der Waals surface area contributed by atoms with E-state index < -0.39 is 0 Å². The van der Waals surface area contributed by atoms with Gasteiger partial charge in [-0.1, -0.05) is 23.8 Å². The lowest BCUT2D eigenvalue weighted by Gasteiger charge is -2.31. The van der Waals surface area contributed by atoms with E-state index in [2.05, 4.69) is 5.32 Å². The second-order valence-corrected chi connectivity index (χ2v) is 6.44. The summed E-state index contributed by atoms with van der Waals surface area (Å²) >= 11 is 0. The van der Waals surface area contributed by atoms with Gasteiger partial charge in [0.25, 0.3) is 5.91 Å². The molecule has 2 amide bonds. The zero-order chi connectivity index (χ0) is 17.8. The second-order valence-electron chi connectivity index (χ2n) is 6.44. The third-order valence-electron chi connectivity index (χ3n) is 4.51. The van der Waals surface area contributed by atoms with Crippen molar-refractivity contribution in [2.24, 2.45) is 5.92 Å². The highest BCUT2D eigenvalue weighted by atomic mass is 19.1. The lowest BCUT2D eigenvalue weighted by Crippen LogP contribution is -2.41. The third-order valence-corrected chi connectivity index (χ3v) is 4.51. The summed E-state index contributed by atoms with van der Waals surface area (Å²) in [6.45, 7) is 3.06. The van der Waals surface area contributed by atoms with Gasteiger partial charge in [0, 0.05) is 30.3 Å². The maximum absolute atomic E-state index is 13.2. The quantitative estimate of drug-likeness (QED) is 0.928. The van der Waals surface area contributed by atoms with Crippen LogP contribution in [-0.2, 0) is 4.79 Å². The number of likely N-dealkylation sites (tertiary alicyclic amines) is 1. The minimum atomic E-state index is -0.378. The van der Waals surface area contributed by atoms with Crippen molar-refractivity contribution in [2.75, 3.05) is 18.4 Å². The third kappa shape index (κ3) is 4.24. The molecular weight excluding hydrogens is 319 g/mol. The Labute approximate surface area is 146 Å². The van der Waals surface area contributed by atoms with E-state index in [9.17, 15) is 14.0 Å². The molecule has 1 aliphatic heterocycles. The Bertz CT molecular complexity index is 783. The monoisotopic (exact) mass is 340 g/mol. The van der Waals surface area contributed by atoms with Crippen molar-refractivity contribution in [3.05, 3.63) is 65.5 Å². The Hall–Kier alpha value is -2.69. The molecule has 5 heteroatoms. The molecule has 0 aromatic heterocycles. The number of hydrogen-bond acceptors (Lipinski definition) is 2. The van der Waals surface area contributed by atoms with Crippen LogP contribution < -0.4 is 5.32 Å². The maximum atomic E-state index is 13.2. The van der Waals surface area contributed by atoms with E-state index >= 15 is 0 Å². The molecule has 25 heavy (non-hydrogen) atoms. The van der Waals surface area contributed by atoms with Crippen LogP contribution in [0.15, 0.2) is 48.5 Å². The number of aryl methyl sites for hydroxylation is 1. The highest BCUT2D eigenvalue weighted by Crippen LogP contribution is 2.21. The zero-order valence-corrected chi connectivity index (χ0v) is 14.2. The van der Waals surface area contributed by atoms with E-state index in [1.807, 2.05) is 31.2 Å². The summed E-state index contributed by atoms with van der Waals surface area (Å²) in [7, 11) is 0. The van der Waals surface area contributed by atoms with Crippen LogP contribution >= 0.6 is 0 Å². The number of piperidine rings is 1. The summed E-state index contributed by atoms with van der Waals surface area (Å²) < 4.78 is 13.2. The van der Waals surface area contributed by atoms with E-state index in [1.54, 1.807) is 17.0 Å². The number of amides is 2. The highest BCUT2D eigenvalue weighted by Gasteiger charge is 2.27. The molecule has 3 rings (SSSR count). The van der Waals surface area contributed by atoms with Gasteiger partial charge in [-0.3, -0.25) is 9.59 Å². The summed E-state index contributed by atoms with van der Waals surface area (Å²) in [5.74, 6) is -0.651. The number of benzene rings is 2.